The maximum Gasteiger partial charge on any atom is 0.426 e. The third-order valence-electron chi connectivity index (χ3n) is 10.4. The van der Waals surface area contributed by atoms with Crippen molar-refractivity contribution in [2.75, 3.05) is 6.54 Å². The van der Waals surface area contributed by atoms with Crippen LogP contribution in [0.4, 0.5) is 22.0 Å². The van der Waals surface area contributed by atoms with Gasteiger partial charge in [-0.15, -0.1) is 0 Å². The predicted octanol–water partition coefficient (Wildman–Crippen LogP) is 6.39. The Hall–Kier alpha value is -2.97. The third kappa shape index (κ3) is 4.54. The second-order valence-electron chi connectivity index (χ2n) is 12.6. The highest BCUT2D eigenvalue weighted by atomic mass is 19.4. The van der Waals surface area contributed by atoms with Gasteiger partial charge in [-0.3, -0.25) is 9.59 Å². The van der Waals surface area contributed by atoms with Gasteiger partial charge in [-0.2, -0.15) is 13.2 Å². The van der Waals surface area contributed by atoms with Gasteiger partial charge >= 0.3 is 6.18 Å². The van der Waals surface area contributed by atoms with Crippen molar-refractivity contribution < 1.29 is 31.5 Å². The number of amides is 2. The molecule has 0 spiro atoms. The van der Waals surface area contributed by atoms with E-state index in [0.29, 0.717) is 57.6 Å². The summed E-state index contributed by atoms with van der Waals surface area (Å²) >= 11 is 0. The average molecular weight is 575 g/mol. The van der Waals surface area contributed by atoms with Crippen molar-refractivity contribution in [2.24, 2.45) is 5.92 Å². The first-order valence-corrected chi connectivity index (χ1v) is 14.5. The fraction of sp³-hybridized carbons (Fsp3) is 0.562. The summed E-state index contributed by atoms with van der Waals surface area (Å²) in [5.41, 5.74) is -2.07. The van der Waals surface area contributed by atoms with Crippen LogP contribution in [0.1, 0.15) is 74.6 Å². The normalized spacial score (nSPS) is 30.5. The SMILES string of the molecule is CC(=O)N1[C@@H]2CC[C@H]1CC(C(=O)N1CC[C@@]3(Cc4ccc(F)cc4)c4ccc(C(C)(F)C(F)(F)F)cc4CC[C@@H]13)C2. The molecule has 4 nitrogen and oxygen atoms in total. The number of hydrogen-bond donors (Lipinski definition) is 0. The van der Waals surface area contributed by atoms with E-state index in [9.17, 15) is 31.5 Å². The number of piperidine rings is 1. The lowest BCUT2D eigenvalue weighted by atomic mass is 9.63. The van der Waals surface area contributed by atoms with Crippen LogP contribution in [-0.2, 0) is 33.5 Å². The lowest BCUT2D eigenvalue weighted by molar-refractivity contribution is -0.228. The Morgan fingerprint density at radius 3 is 2.24 bits per heavy atom. The van der Waals surface area contributed by atoms with Crippen molar-refractivity contribution in [1.82, 2.24) is 9.80 Å². The fourth-order valence-corrected chi connectivity index (χ4v) is 8.38. The maximum atomic E-state index is 14.9. The first kappa shape index (κ1) is 28.2. The summed E-state index contributed by atoms with van der Waals surface area (Å²) in [5, 5.41) is 0. The zero-order chi connectivity index (χ0) is 29.3. The van der Waals surface area contributed by atoms with E-state index in [1.165, 1.54) is 24.3 Å². The zero-order valence-electron chi connectivity index (χ0n) is 23.3. The Morgan fingerprint density at radius 2 is 1.63 bits per heavy atom. The van der Waals surface area contributed by atoms with Crippen molar-refractivity contribution in [3.63, 3.8) is 0 Å². The van der Waals surface area contributed by atoms with Crippen LogP contribution in [-0.4, -0.2) is 52.5 Å². The van der Waals surface area contributed by atoms with E-state index in [4.69, 9.17) is 0 Å². The summed E-state index contributed by atoms with van der Waals surface area (Å²) in [6.07, 6.45) is 0.165. The molecule has 0 radical (unpaired) electrons. The molecule has 4 aliphatic rings. The second-order valence-corrected chi connectivity index (χ2v) is 12.6. The molecule has 0 aromatic heterocycles. The number of fused-ring (bicyclic) bond motifs is 5. The van der Waals surface area contributed by atoms with Crippen LogP contribution in [0.3, 0.4) is 0 Å². The van der Waals surface area contributed by atoms with Gasteiger partial charge in [0.1, 0.15) is 5.82 Å². The van der Waals surface area contributed by atoms with E-state index in [1.807, 2.05) is 9.80 Å². The molecule has 9 heteroatoms. The minimum absolute atomic E-state index is 0.0565. The van der Waals surface area contributed by atoms with E-state index >= 15 is 0 Å². The third-order valence-corrected chi connectivity index (χ3v) is 10.4. The molecular formula is C32H35F5N2O2. The second kappa shape index (κ2) is 9.80. The van der Waals surface area contributed by atoms with Gasteiger partial charge in [-0.05, 0) is 92.7 Å². The fourth-order valence-electron chi connectivity index (χ4n) is 8.38. The van der Waals surface area contributed by atoms with Crippen LogP contribution < -0.4 is 0 Å². The molecule has 3 aliphatic heterocycles. The summed E-state index contributed by atoms with van der Waals surface area (Å²) in [6, 6.07) is 10.4. The highest BCUT2D eigenvalue weighted by Crippen LogP contribution is 2.52. The molecular weight excluding hydrogens is 539 g/mol. The summed E-state index contributed by atoms with van der Waals surface area (Å²) in [5.74, 6) is -0.390. The Labute approximate surface area is 236 Å². The number of alkyl halides is 4. The number of likely N-dealkylation sites (tertiary alicyclic amines) is 1. The topological polar surface area (TPSA) is 40.6 Å². The van der Waals surface area contributed by atoms with Crippen LogP contribution in [0.15, 0.2) is 42.5 Å². The van der Waals surface area contributed by atoms with Crippen molar-refractivity contribution in [3.05, 3.63) is 70.5 Å². The van der Waals surface area contributed by atoms with Crippen LogP contribution in [0.25, 0.3) is 0 Å². The number of carbonyl (C=O) groups excluding carboxylic acids is 2. The van der Waals surface area contributed by atoms with E-state index in [2.05, 4.69) is 0 Å². The molecule has 0 N–H and O–H groups in total. The number of carbonyl (C=O) groups is 2. The zero-order valence-corrected chi connectivity index (χ0v) is 23.3. The van der Waals surface area contributed by atoms with Gasteiger partial charge in [0, 0.05) is 42.9 Å². The van der Waals surface area contributed by atoms with Gasteiger partial charge in [0.25, 0.3) is 0 Å². The molecule has 2 unspecified atom stereocenters. The van der Waals surface area contributed by atoms with E-state index in [1.54, 1.807) is 25.1 Å². The number of aryl methyl sites for hydroxylation is 1. The quantitative estimate of drug-likeness (QED) is 0.397. The smallest absolute Gasteiger partial charge is 0.339 e. The molecule has 2 aromatic carbocycles. The highest BCUT2D eigenvalue weighted by molar-refractivity contribution is 5.81. The first-order valence-electron chi connectivity index (χ1n) is 14.5. The van der Waals surface area contributed by atoms with Gasteiger partial charge in [0.2, 0.25) is 17.5 Å². The summed E-state index contributed by atoms with van der Waals surface area (Å²) in [7, 11) is 0. The molecule has 2 amide bonds. The summed E-state index contributed by atoms with van der Waals surface area (Å²) < 4.78 is 69.3. The predicted molar refractivity (Wildman–Crippen MR) is 143 cm³/mol. The van der Waals surface area contributed by atoms with Crippen LogP contribution in [0.5, 0.6) is 0 Å². The van der Waals surface area contributed by atoms with Gasteiger partial charge in [-0.25, -0.2) is 8.78 Å². The molecule has 41 heavy (non-hydrogen) atoms. The molecule has 6 rings (SSSR count). The first-order chi connectivity index (χ1) is 19.3. The summed E-state index contributed by atoms with van der Waals surface area (Å²) in [4.78, 5) is 30.2. The highest BCUT2D eigenvalue weighted by Gasteiger charge is 2.56. The van der Waals surface area contributed by atoms with Gasteiger partial charge in [0.15, 0.2) is 0 Å². The van der Waals surface area contributed by atoms with Gasteiger partial charge in [-0.1, -0.05) is 30.3 Å². The number of benzene rings is 2. The molecule has 3 fully saturated rings. The largest absolute Gasteiger partial charge is 0.426 e. The molecule has 3 heterocycles. The number of halogens is 5. The van der Waals surface area contributed by atoms with Crippen LogP contribution in [0, 0.1) is 11.7 Å². The van der Waals surface area contributed by atoms with Crippen molar-refractivity contribution in [3.8, 4) is 0 Å². The number of rotatable bonds is 4. The Kier molecular flexibility index (Phi) is 6.73. The molecule has 0 saturated carbocycles. The minimum atomic E-state index is -5.04. The van der Waals surface area contributed by atoms with Crippen molar-refractivity contribution in [2.45, 2.75) is 101 Å². The summed E-state index contributed by atoms with van der Waals surface area (Å²) in [6.45, 7) is 2.65. The Morgan fingerprint density at radius 1 is 0.976 bits per heavy atom. The lowest BCUT2D eigenvalue weighted by Crippen LogP contribution is -2.53. The monoisotopic (exact) mass is 574 g/mol. The van der Waals surface area contributed by atoms with Gasteiger partial charge < -0.3 is 9.80 Å². The van der Waals surface area contributed by atoms with E-state index < -0.39 is 22.8 Å². The maximum absolute atomic E-state index is 14.9. The minimum Gasteiger partial charge on any atom is -0.339 e. The van der Waals surface area contributed by atoms with Crippen molar-refractivity contribution in [1.29, 1.82) is 0 Å². The van der Waals surface area contributed by atoms with Crippen molar-refractivity contribution >= 4 is 11.8 Å². The van der Waals surface area contributed by atoms with Gasteiger partial charge in [0.05, 0.1) is 0 Å². The Balaban J connectivity index is 1.34. The van der Waals surface area contributed by atoms with Crippen LogP contribution in [0.2, 0.25) is 0 Å². The molecule has 2 aromatic rings. The average Bonchev–Trinajstić information content (AvgIpc) is 3.43. The lowest BCUT2D eigenvalue weighted by Gasteiger charge is -2.45. The molecule has 6 atom stereocenters. The van der Waals surface area contributed by atoms with E-state index in [0.717, 1.165) is 24.0 Å². The number of hydrogen-bond acceptors (Lipinski definition) is 2. The molecule has 220 valence electrons. The number of nitrogens with zero attached hydrogens (tertiary/aromatic N) is 2. The van der Waals surface area contributed by atoms with Crippen LogP contribution >= 0.6 is 0 Å². The standard InChI is InChI=1S/C32H35F5N2O2/c1-19(40)39-25-9-10-26(39)17-22(16-25)29(41)38-14-13-31(18-20-3-7-24(33)8-4-20)27-11-6-23(30(2,34)32(35,36)37)15-21(27)5-12-28(31)38/h3-4,6-8,11,15,22,25-26,28H,5,9-10,12-14,16-18H2,1-2H3/t22?,25-,26+,28-,30?,31-/m1/s1. The Bertz CT molecular complexity index is 1340. The molecule has 3 saturated heterocycles. The molecule has 2 bridgehead atoms. The van der Waals surface area contributed by atoms with E-state index in [-0.39, 0.29) is 41.7 Å². The molecule has 1 aliphatic carbocycles.